The standard InChI is InChI=1S/C70H73N4O.Pt/c1-46(2)58-29-23-30-59(47(3)4)66(58)48-36-54(42-57(37-48)75-56-32-33-61-60-28-21-22-31-62(60)74(63(61)43-56)65-41-51(34-35-71-65)67(5,6)7)72-44-64(68(8,9)10)73(45-72)55-39-52(69(11,12)49-24-17-15-18-25-49)38-53(40-55)70(13,14)50-26-19-16-20-27-50;/h15-41,44-47H,1-14H3;/q-3;. The first-order chi connectivity index (χ1) is 35.6. The van der Waals surface area contributed by atoms with Crippen LogP contribution in [0.2, 0.25) is 0 Å². The predicted molar refractivity (Wildman–Crippen MR) is 315 cm³/mol. The van der Waals surface area contributed by atoms with Gasteiger partial charge in [-0.2, -0.15) is 6.07 Å². The van der Waals surface area contributed by atoms with Crippen LogP contribution in [0.15, 0.2) is 176 Å². The molecule has 0 saturated carbocycles. The molecule has 0 saturated heterocycles. The van der Waals surface area contributed by atoms with Crippen LogP contribution in [-0.2, 0) is 37.3 Å². The number of benzene rings is 7. The first-order valence-corrected chi connectivity index (χ1v) is 26.8. The summed E-state index contributed by atoms with van der Waals surface area (Å²) in [7, 11) is 0. The minimum Gasteiger partial charge on any atom is -0.509 e. The summed E-state index contributed by atoms with van der Waals surface area (Å²) >= 11 is 0. The maximum atomic E-state index is 7.09. The summed E-state index contributed by atoms with van der Waals surface area (Å²) in [4.78, 5) is 9.60. The maximum absolute atomic E-state index is 7.09. The van der Waals surface area contributed by atoms with Crippen molar-refractivity contribution in [2.24, 2.45) is 5.41 Å². The van der Waals surface area contributed by atoms with Crippen molar-refractivity contribution in [2.75, 3.05) is 9.80 Å². The van der Waals surface area contributed by atoms with Crippen molar-refractivity contribution in [3.63, 3.8) is 0 Å². The molecule has 392 valence electrons. The molecular weight excluding hydrogens is 1110 g/mol. The summed E-state index contributed by atoms with van der Waals surface area (Å²) in [5.74, 6) is 2.65. The van der Waals surface area contributed by atoms with E-state index >= 15 is 0 Å². The van der Waals surface area contributed by atoms with Crippen LogP contribution in [0.1, 0.15) is 148 Å². The Kier molecular flexibility index (Phi) is 14.7. The molecule has 0 unspecified atom stereocenters. The molecule has 0 bridgehead atoms. The molecule has 2 aromatic heterocycles. The van der Waals surface area contributed by atoms with E-state index in [9.17, 15) is 0 Å². The Labute approximate surface area is 467 Å². The number of pyridine rings is 1. The van der Waals surface area contributed by atoms with Crippen LogP contribution in [0.4, 0.5) is 11.4 Å². The first kappa shape index (κ1) is 54.1. The van der Waals surface area contributed by atoms with Gasteiger partial charge in [-0.15, -0.1) is 53.6 Å². The van der Waals surface area contributed by atoms with Gasteiger partial charge in [-0.1, -0.05) is 206 Å². The first-order valence-electron chi connectivity index (χ1n) is 26.8. The summed E-state index contributed by atoms with van der Waals surface area (Å²) in [5, 5.41) is 2.23. The number of rotatable bonds is 12. The van der Waals surface area contributed by atoms with Crippen molar-refractivity contribution in [1.82, 2.24) is 9.55 Å². The second kappa shape index (κ2) is 20.7. The van der Waals surface area contributed by atoms with Gasteiger partial charge in [0.05, 0.1) is 0 Å². The van der Waals surface area contributed by atoms with E-state index in [-0.39, 0.29) is 42.7 Å². The van der Waals surface area contributed by atoms with Gasteiger partial charge in [0.25, 0.3) is 0 Å². The third-order valence-corrected chi connectivity index (χ3v) is 15.5. The van der Waals surface area contributed by atoms with Crippen LogP contribution in [0.5, 0.6) is 11.5 Å². The van der Waals surface area contributed by atoms with Gasteiger partial charge < -0.3 is 19.1 Å². The number of hydrogen-bond acceptors (Lipinski definition) is 4. The Hall–Kier alpha value is -6.68. The smallest absolute Gasteiger partial charge is 0.135 e. The van der Waals surface area contributed by atoms with Crippen molar-refractivity contribution in [1.29, 1.82) is 0 Å². The number of fused-ring (bicyclic) bond motifs is 3. The molecule has 1 aliphatic rings. The van der Waals surface area contributed by atoms with Gasteiger partial charge in [-0.3, -0.25) is 0 Å². The molecule has 0 amide bonds. The van der Waals surface area contributed by atoms with Crippen LogP contribution in [-0.4, -0.2) is 9.55 Å². The Morgan fingerprint density at radius 2 is 1.12 bits per heavy atom. The van der Waals surface area contributed by atoms with Gasteiger partial charge in [0, 0.05) is 71.9 Å². The second-order valence-corrected chi connectivity index (χ2v) is 24.3. The zero-order chi connectivity index (χ0) is 53.2. The Bertz CT molecular complexity index is 3490. The number of aromatic nitrogens is 2. The molecule has 0 aliphatic carbocycles. The zero-order valence-corrected chi connectivity index (χ0v) is 49.2. The van der Waals surface area contributed by atoms with Crippen LogP contribution in [0, 0.1) is 24.2 Å². The second-order valence-electron chi connectivity index (χ2n) is 24.3. The SMILES string of the molecule is CC(C)c1cccc(C(C)C)c1-c1cc(Oc2[c-]c3c(cc2)c2ccccc2n3-c2cc(C(C)(C)C)ccn2)[c-]c(N2C=C(C(C)(C)C)N(c3cc(C(C)(C)c4ccccc4)cc(C(C)(C)c4ccccc4)c3)[CH-]2)c1.[Pt]. The van der Waals surface area contributed by atoms with Gasteiger partial charge in [-0.05, 0) is 104 Å². The van der Waals surface area contributed by atoms with Gasteiger partial charge in [0.15, 0.2) is 0 Å². The molecule has 9 aromatic rings. The molecule has 0 radical (unpaired) electrons. The van der Waals surface area contributed by atoms with Crippen LogP contribution >= 0.6 is 0 Å². The molecule has 6 heteroatoms. The fraction of sp³-hybridized carbons (Fsp3) is 0.286. The molecule has 0 atom stereocenters. The number of hydrogen-bond donors (Lipinski definition) is 0. The van der Waals surface area contributed by atoms with Crippen molar-refractivity contribution in [3.8, 4) is 28.4 Å². The fourth-order valence-corrected chi connectivity index (χ4v) is 10.9. The summed E-state index contributed by atoms with van der Waals surface area (Å²) in [6.07, 6.45) is 4.21. The normalized spacial score (nSPS) is 13.5. The summed E-state index contributed by atoms with van der Waals surface area (Å²) in [6, 6.07) is 64.9. The Morgan fingerprint density at radius 3 is 1.70 bits per heavy atom. The number of allylic oxidation sites excluding steroid dienone is 1. The average molecular weight is 1180 g/mol. The number of ether oxygens (including phenoxy) is 1. The van der Waals surface area contributed by atoms with E-state index in [1.54, 1.807) is 0 Å². The fourth-order valence-electron chi connectivity index (χ4n) is 10.9. The van der Waals surface area contributed by atoms with E-state index in [2.05, 4.69) is 288 Å². The summed E-state index contributed by atoms with van der Waals surface area (Å²) < 4.78 is 9.31. The molecule has 1 aliphatic heterocycles. The third kappa shape index (κ3) is 10.3. The molecule has 10 rings (SSSR count). The molecule has 7 aromatic carbocycles. The largest absolute Gasteiger partial charge is 0.509 e. The Balaban J connectivity index is 0.00000706. The summed E-state index contributed by atoms with van der Waals surface area (Å²) in [5.41, 5.74) is 15.5. The van der Waals surface area contributed by atoms with E-state index < -0.39 is 0 Å². The van der Waals surface area contributed by atoms with E-state index in [1.807, 2.05) is 12.3 Å². The monoisotopic (exact) mass is 1180 g/mol. The third-order valence-electron chi connectivity index (χ3n) is 15.5. The van der Waals surface area contributed by atoms with Crippen molar-refractivity contribution < 1.29 is 25.8 Å². The predicted octanol–water partition coefficient (Wildman–Crippen LogP) is 18.8. The van der Waals surface area contributed by atoms with Crippen molar-refractivity contribution in [2.45, 2.75) is 125 Å². The molecule has 0 fully saturated rings. The van der Waals surface area contributed by atoms with Crippen LogP contribution in [0.3, 0.4) is 0 Å². The van der Waals surface area contributed by atoms with Gasteiger partial charge in [0.2, 0.25) is 0 Å². The van der Waals surface area contributed by atoms with Gasteiger partial charge >= 0.3 is 0 Å². The molecule has 5 nitrogen and oxygen atoms in total. The topological polar surface area (TPSA) is 33.5 Å². The van der Waals surface area contributed by atoms with Gasteiger partial charge in [-0.25, -0.2) is 4.98 Å². The Morgan fingerprint density at radius 1 is 0.526 bits per heavy atom. The number of para-hydroxylation sites is 1. The summed E-state index contributed by atoms with van der Waals surface area (Å²) in [6.45, 7) is 34.4. The van der Waals surface area contributed by atoms with E-state index in [0.717, 1.165) is 44.6 Å². The quantitative estimate of drug-likeness (QED) is 0.114. The van der Waals surface area contributed by atoms with Gasteiger partial charge in [0.1, 0.15) is 5.82 Å². The maximum Gasteiger partial charge on any atom is 0.135 e. The number of anilines is 2. The van der Waals surface area contributed by atoms with E-state index in [4.69, 9.17) is 9.72 Å². The molecular formula is C70H73N4OPt-3. The average Bonchev–Trinajstić information content (AvgIpc) is 4.02. The van der Waals surface area contributed by atoms with Crippen molar-refractivity contribution in [3.05, 3.63) is 234 Å². The minimum atomic E-state index is -0.280. The number of nitrogens with zero attached hydrogens (tertiary/aromatic N) is 4. The van der Waals surface area contributed by atoms with Crippen molar-refractivity contribution >= 4 is 33.2 Å². The molecule has 0 N–H and O–H groups in total. The molecule has 76 heavy (non-hydrogen) atoms. The zero-order valence-electron chi connectivity index (χ0n) is 46.9. The van der Waals surface area contributed by atoms with E-state index in [1.165, 1.54) is 50.2 Å². The molecule has 3 heterocycles. The minimum absolute atomic E-state index is 0. The van der Waals surface area contributed by atoms with Crippen LogP contribution < -0.4 is 14.5 Å². The van der Waals surface area contributed by atoms with E-state index in [0.29, 0.717) is 23.3 Å². The molecule has 0 spiro atoms. The van der Waals surface area contributed by atoms with Crippen LogP contribution in [0.25, 0.3) is 38.8 Å².